The van der Waals surface area contributed by atoms with Crippen LogP contribution >= 0.6 is 23.2 Å². The first-order chi connectivity index (χ1) is 16.0. The van der Waals surface area contributed by atoms with Crippen LogP contribution in [-0.4, -0.2) is 44.0 Å². The maximum atomic E-state index is 6.45. The van der Waals surface area contributed by atoms with Gasteiger partial charge in [0.2, 0.25) is 0 Å². The van der Waals surface area contributed by atoms with Crippen molar-refractivity contribution in [3.05, 3.63) is 76.6 Å². The van der Waals surface area contributed by atoms with Crippen molar-refractivity contribution in [2.45, 2.75) is 13.5 Å². The van der Waals surface area contributed by atoms with Gasteiger partial charge in [-0.15, -0.1) is 5.10 Å². The van der Waals surface area contributed by atoms with E-state index < -0.39 is 0 Å². The van der Waals surface area contributed by atoms with E-state index in [4.69, 9.17) is 37.4 Å². The highest BCUT2D eigenvalue weighted by atomic mass is 35.5. The first-order valence-corrected chi connectivity index (χ1v) is 10.5. The Kier molecular flexibility index (Phi) is 6.81. The van der Waals surface area contributed by atoms with Crippen LogP contribution in [0.5, 0.6) is 11.5 Å². The van der Waals surface area contributed by atoms with E-state index in [0.717, 1.165) is 0 Å². The molecule has 4 rings (SSSR count). The summed E-state index contributed by atoms with van der Waals surface area (Å²) >= 11 is 12.5. The normalized spacial score (nSPS) is 11.8. The van der Waals surface area contributed by atoms with Crippen molar-refractivity contribution in [3.8, 4) is 17.2 Å². The van der Waals surface area contributed by atoms with Gasteiger partial charge in [0, 0.05) is 16.7 Å². The molecule has 0 N–H and O–H groups in total. The maximum Gasteiger partial charge on any atom is 0.149 e. The van der Waals surface area contributed by atoms with Crippen molar-refractivity contribution in [3.63, 3.8) is 0 Å². The fourth-order valence-corrected chi connectivity index (χ4v) is 3.63. The third-order valence-electron chi connectivity index (χ3n) is 4.81. The smallest absolute Gasteiger partial charge is 0.149 e. The monoisotopic (exact) mass is 486 g/mol. The molecule has 0 spiro atoms. The highest BCUT2D eigenvalue weighted by Gasteiger charge is 2.16. The molecule has 0 radical (unpaired) electrons. The number of hydrogen-bond donors (Lipinski definition) is 0. The summed E-state index contributed by atoms with van der Waals surface area (Å²) < 4.78 is 20.1. The van der Waals surface area contributed by atoms with E-state index in [9.17, 15) is 0 Å². The summed E-state index contributed by atoms with van der Waals surface area (Å²) in [5.74, 6) is 1.79. The van der Waals surface area contributed by atoms with E-state index in [1.54, 1.807) is 60.4 Å². The SMILES string of the molecule is COc1ccc(-n2cc(CO/C(=C(/C)n3cncn3)c3ccc(Cl)cc3Cl)nn2)c(OC)c1. The predicted molar refractivity (Wildman–Crippen MR) is 125 cm³/mol. The van der Waals surface area contributed by atoms with E-state index in [1.807, 2.05) is 19.1 Å². The van der Waals surface area contributed by atoms with Gasteiger partial charge in [-0.1, -0.05) is 28.4 Å². The van der Waals surface area contributed by atoms with Gasteiger partial charge < -0.3 is 14.2 Å². The summed E-state index contributed by atoms with van der Waals surface area (Å²) in [5, 5.41) is 13.6. The van der Waals surface area contributed by atoms with Gasteiger partial charge in [0.05, 0.1) is 31.1 Å². The number of nitrogens with zero attached hydrogens (tertiary/aromatic N) is 6. The molecule has 0 unspecified atom stereocenters. The lowest BCUT2D eigenvalue weighted by atomic mass is 10.1. The lowest BCUT2D eigenvalue weighted by molar-refractivity contribution is 0.259. The molecule has 4 aromatic rings. The molecular formula is C22H20Cl2N6O3. The Morgan fingerprint density at radius 3 is 2.61 bits per heavy atom. The first kappa shape index (κ1) is 22.6. The van der Waals surface area contributed by atoms with Gasteiger partial charge in [0.15, 0.2) is 0 Å². The quantitative estimate of drug-likeness (QED) is 0.332. The number of methoxy groups -OCH3 is 2. The predicted octanol–water partition coefficient (Wildman–Crippen LogP) is 4.75. The number of aromatic nitrogens is 6. The Morgan fingerprint density at radius 2 is 1.91 bits per heavy atom. The molecule has 2 heterocycles. The van der Waals surface area contributed by atoms with Crippen LogP contribution in [0.1, 0.15) is 18.2 Å². The Morgan fingerprint density at radius 1 is 1.06 bits per heavy atom. The Balaban J connectivity index is 1.62. The van der Waals surface area contributed by atoms with Crippen LogP contribution in [0.3, 0.4) is 0 Å². The fraction of sp³-hybridized carbons (Fsp3) is 0.182. The molecule has 0 aliphatic heterocycles. The lowest BCUT2D eigenvalue weighted by Gasteiger charge is -2.15. The standard InChI is InChI=1S/C22H20Cl2N6O3/c1-14(30-13-25-12-26-30)22(18-6-4-15(23)8-19(18)24)33-11-16-10-29(28-27-16)20-7-5-17(31-2)9-21(20)32-3/h4-10,12-13H,11H2,1-3H3/b22-14-. The minimum absolute atomic E-state index is 0.138. The summed E-state index contributed by atoms with van der Waals surface area (Å²) in [6.07, 6.45) is 4.78. The molecule has 170 valence electrons. The molecular weight excluding hydrogens is 467 g/mol. The van der Waals surface area contributed by atoms with Crippen LogP contribution in [0.15, 0.2) is 55.2 Å². The van der Waals surface area contributed by atoms with E-state index in [-0.39, 0.29) is 6.61 Å². The zero-order chi connectivity index (χ0) is 23.4. The summed E-state index contributed by atoms with van der Waals surface area (Å²) in [7, 11) is 3.18. The largest absolute Gasteiger partial charge is 0.497 e. The summed E-state index contributed by atoms with van der Waals surface area (Å²) in [6, 6.07) is 10.6. The Labute approximate surface area is 200 Å². The van der Waals surface area contributed by atoms with Gasteiger partial charge >= 0.3 is 0 Å². The minimum Gasteiger partial charge on any atom is -0.497 e. The molecule has 33 heavy (non-hydrogen) atoms. The second kappa shape index (κ2) is 9.93. The molecule has 11 heteroatoms. The van der Waals surface area contributed by atoms with E-state index >= 15 is 0 Å². The average Bonchev–Trinajstić information content (AvgIpc) is 3.52. The molecule has 0 saturated carbocycles. The van der Waals surface area contributed by atoms with Crippen molar-refractivity contribution >= 4 is 34.7 Å². The zero-order valence-electron chi connectivity index (χ0n) is 18.1. The molecule has 0 atom stereocenters. The molecule has 2 aromatic carbocycles. The van der Waals surface area contributed by atoms with Gasteiger partial charge in [-0.05, 0) is 37.3 Å². The number of halogens is 2. The topological polar surface area (TPSA) is 89.1 Å². The summed E-state index contributed by atoms with van der Waals surface area (Å²) in [5.41, 5.74) is 2.67. The van der Waals surface area contributed by atoms with E-state index in [1.165, 1.54) is 6.33 Å². The number of allylic oxidation sites excluding steroid dienone is 1. The minimum atomic E-state index is 0.138. The van der Waals surface area contributed by atoms with Gasteiger partial charge in [-0.25, -0.2) is 14.3 Å². The van der Waals surface area contributed by atoms with Crippen molar-refractivity contribution in [2.24, 2.45) is 0 Å². The third-order valence-corrected chi connectivity index (χ3v) is 5.35. The van der Waals surface area contributed by atoms with Crippen LogP contribution in [0, 0.1) is 0 Å². The average molecular weight is 487 g/mol. The summed E-state index contributed by atoms with van der Waals surface area (Å²) in [4.78, 5) is 4.00. The van der Waals surface area contributed by atoms with Crippen LogP contribution in [0.25, 0.3) is 17.1 Å². The second-order valence-corrected chi connectivity index (χ2v) is 7.70. The van der Waals surface area contributed by atoms with Gasteiger partial charge in [-0.2, -0.15) is 5.10 Å². The molecule has 0 aliphatic rings. The van der Waals surface area contributed by atoms with Gasteiger partial charge in [0.1, 0.15) is 47.9 Å². The zero-order valence-corrected chi connectivity index (χ0v) is 19.6. The highest BCUT2D eigenvalue weighted by Crippen LogP contribution is 2.32. The highest BCUT2D eigenvalue weighted by molar-refractivity contribution is 6.35. The van der Waals surface area contributed by atoms with Crippen LogP contribution in [0.4, 0.5) is 0 Å². The summed E-state index contributed by atoms with van der Waals surface area (Å²) in [6.45, 7) is 1.99. The molecule has 0 fully saturated rings. The van der Waals surface area contributed by atoms with Crippen LogP contribution in [0.2, 0.25) is 10.0 Å². The Bertz CT molecular complexity index is 1290. The number of ether oxygens (including phenoxy) is 3. The third kappa shape index (κ3) is 4.94. The number of benzene rings is 2. The fourth-order valence-electron chi connectivity index (χ4n) is 3.14. The van der Waals surface area contributed by atoms with Crippen molar-refractivity contribution in [2.75, 3.05) is 14.2 Å². The van der Waals surface area contributed by atoms with Crippen LogP contribution < -0.4 is 9.47 Å². The first-order valence-electron chi connectivity index (χ1n) is 9.78. The molecule has 0 aliphatic carbocycles. The van der Waals surface area contributed by atoms with Crippen molar-refractivity contribution in [1.29, 1.82) is 0 Å². The molecule has 0 bridgehead atoms. The Hall–Kier alpha value is -3.56. The van der Waals surface area contributed by atoms with Crippen molar-refractivity contribution < 1.29 is 14.2 Å². The lowest BCUT2D eigenvalue weighted by Crippen LogP contribution is -2.03. The van der Waals surface area contributed by atoms with Crippen LogP contribution in [-0.2, 0) is 11.3 Å². The molecule has 0 amide bonds. The molecule has 9 nitrogen and oxygen atoms in total. The second-order valence-electron chi connectivity index (χ2n) is 6.86. The molecule has 0 saturated heterocycles. The van der Waals surface area contributed by atoms with Gasteiger partial charge in [0.25, 0.3) is 0 Å². The van der Waals surface area contributed by atoms with Crippen molar-refractivity contribution in [1.82, 2.24) is 29.8 Å². The maximum absolute atomic E-state index is 6.45. The van der Waals surface area contributed by atoms with E-state index in [0.29, 0.717) is 49.9 Å². The number of rotatable bonds is 8. The van der Waals surface area contributed by atoms with Gasteiger partial charge in [-0.3, -0.25) is 0 Å². The van der Waals surface area contributed by atoms with E-state index in [2.05, 4.69) is 20.4 Å². The number of hydrogen-bond acceptors (Lipinski definition) is 7. The molecule has 2 aromatic heterocycles.